The number of nitriles is 1. The van der Waals surface area contributed by atoms with Crippen LogP contribution >= 0.6 is 0 Å². The molecular formula is C27H22F3N3O. The summed E-state index contributed by atoms with van der Waals surface area (Å²) in [4.78, 5) is 12.8. The SMILES string of the molecule is C[C@H]1C(=O)C(C#N)=C[C@@]2(C)c3c(c(-c4ccccc4)nn3-c3ccc(C(F)(F)F)cc3)CC[C@H]12. The van der Waals surface area contributed by atoms with Crippen molar-refractivity contribution in [2.75, 3.05) is 0 Å². The first-order valence-corrected chi connectivity index (χ1v) is 11.2. The molecule has 0 amide bonds. The van der Waals surface area contributed by atoms with Crippen LogP contribution in [0.4, 0.5) is 13.2 Å². The first kappa shape index (κ1) is 22.1. The number of fused-ring (bicyclic) bond motifs is 3. The molecule has 2 aliphatic rings. The number of hydrogen-bond donors (Lipinski definition) is 0. The summed E-state index contributed by atoms with van der Waals surface area (Å²) in [6.07, 6.45) is -1.25. The Bertz CT molecular complexity index is 1350. The average molecular weight is 461 g/mol. The Balaban J connectivity index is 1.78. The summed E-state index contributed by atoms with van der Waals surface area (Å²) < 4.78 is 41.2. The van der Waals surface area contributed by atoms with Crippen molar-refractivity contribution in [1.82, 2.24) is 9.78 Å². The standard InChI is InChI=1S/C27H22F3N3O/c1-16-22-13-12-21-23(17-6-4-3-5-7-17)32-33(20-10-8-19(9-11-20)27(28,29)30)25(21)26(22,2)14-18(15-31)24(16)34/h3-11,14,16,22H,12-13H2,1-2H3/t16-,22-,26-/m1/s1. The van der Waals surface area contributed by atoms with E-state index in [1.54, 1.807) is 10.8 Å². The van der Waals surface area contributed by atoms with Crippen molar-refractivity contribution in [3.05, 3.63) is 83.1 Å². The van der Waals surface area contributed by atoms with Crippen LogP contribution in [-0.4, -0.2) is 15.6 Å². The highest BCUT2D eigenvalue weighted by molar-refractivity contribution is 6.02. The smallest absolute Gasteiger partial charge is 0.293 e. The monoisotopic (exact) mass is 461 g/mol. The Morgan fingerprint density at radius 3 is 2.41 bits per heavy atom. The van der Waals surface area contributed by atoms with Gasteiger partial charge in [-0.1, -0.05) is 50.3 Å². The van der Waals surface area contributed by atoms with Crippen LogP contribution in [0.3, 0.4) is 0 Å². The van der Waals surface area contributed by atoms with E-state index >= 15 is 0 Å². The van der Waals surface area contributed by atoms with E-state index in [0.29, 0.717) is 12.1 Å². The van der Waals surface area contributed by atoms with E-state index in [1.165, 1.54) is 12.1 Å². The summed E-state index contributed by atoms with van der Waals surface area (Å²) in [5.41, 5.74) is 2.74. The maximum atomic E-state index is 13.2. The summed E-state index contributed by atoms with van der Waals surface area (Å²) in [6.45, 7) is 3.87. The molecule has 0 bridgehead atoms. The Labute approximate surface area is 195 Å². The quantitative estimate of drug-likeness (QED) is 0.467. The fourth-order valence-corrected chi connectivity index (χ4v) is 5.65. The van der Waals surface area contributed by atoms with E-state index in [1.807, 2.05) is 44.2 Å². The molecule has 0 saturated heterocycles. The fourth-order valence-electron chi connectivity index (χ4n) is 5.65. The van der Waals surface area contributed by atoms with Crippen LogP contribution in [0.25, 0.3) is 16.9 Å². The lowest BCUT2D eigenvalue weighted by Gasteiger charge is -2.45. The van der Waals surface area contributed by atoms with Crippen molar-refractivity contribution in [3.8, 4) is 23.0 Å². The zero-order chi connectivity index (χ0) is 24.3. The predicted molar refractivity (Wildman–Crippen MR) is 121 cm³/mol. The average Bonchev–Trinajstić information content (AvgIpc) is 3.23. The Kier molecular flexibility index (Phi) is 5.01. The molecule has 2 aliphatic carbocycles. The van der Waals surface area contributed by atoms with Crippen LogP contribution in [0.15, 0.2) is 66.2 Å². The van der Waals surface area contributed by atoms with Crippen molar-refractivity contribution in [2.24, 2.45) is 11.8 Å². The third kappa shape index (κ3) is 3.28. The molecule has 4 nitrogen and oxygen atoms in total. The molecule has 0 radical (unpaired) electrons. The molecule has 3 aromatic rings. The molecule has 7 heteroatoms. The molecule has 34 heavy (non-hydrogen) atoms. The molecule has 0 saturated carbocycles. The summed E-state index contributed by atoms with van der Waals surface area (Å²) in [7, 11) is 0. The minimum atomic E-state index is -4.43. The number of alkyl halides is 3. The van der Waals surface area contributed by atoms with E-state index in [-0.39, 0.29) is 23.2 Å². The number of carbonyl (C=O) groups is 1. The van der Waals surface area contributed by atoms with Crippen molar-refractivity contribution >= 4 is 5.78 Å². The second kappa shape index (κ2) is 7.69. The van der Waals surface area contributed by atoms with Crippen LogP contribution in [0, 0.1) is 23.2 Å². The lowest BCUT2D eigenvalue weighted by Crippen LogP contribution is -2.46. The second-order valence-electron chi connectivity index (χ2n) is 9.25. The number of ketones is 1. The number of Topliss-reactive ketones (excluding diaryl/α,β-unsaturated/α-hetero) is 1. The van der Waals surface area contributed by atoms with Gasteiger partial charge in [0.05, 0.1) is 28.2 Å². The van der Waals surface area contributed by atoms with E-state index in [4.69, 9.17) is 5.10 Å². The van der Waals surface area contributed by atoms with Crippen LogP contribution in [0.5, 0.6) is 0 Å². The van der Waals surface area contributed by atoms with Crippen molar-refractivity contribution in [1.29, 1.82) is 5.26 Å². The second-order valence-corrected chi connectivity index (χ2v) is 9.25. The summed E-state index contributed by atoms with van der Waals surface area (Å²) in [6, 6.07) is 16.7. The molecular weight excluding hydrogens is 439 g/mol. The number of benzene rings is 2. The minimum Gasteiger partial charge on any atom is -0.293 e. The van der Waals surface area contributed by atoms with E-state index in [2.05, 4.69) is 6.07 Å². The molecule has 0 fully saturated rings. The maximum absolute atomic E-state index is 13.2. The van der Waals surface area contributed by atoms with Gasteiger partial charge in [0, 0.05) is 22.5 Å². The first-order chi connectivity index (χ1) is 16.1. The zero-order valence-corrected chi connectivity index (χ0v) is 18.7. The Morgan fingerprint density at radius 2 is 1.79 bits per heavy atom. The molecule has 172 valence electrons. The highest BCUT2D eigenvalue weighted by atomic mass is 19.4. The highest BCUT2D eigenvalue weighted by Crippen LogP contribution is 2.52. The minimum absolute atomic E-state index is 0.0434. The van der Waals surface area contributed by atoms with E-state index in [0.717, 1.165) is 41.1 Å². The van der Waals surface area contributed by atoms with Crippen molar-refractivity contribution in [2.45, 2.75) is 38.3 Å². The van der Waals surface area contributed by atoms with Gasteiger partial charge in [-0.2, -0.15) is 23.5 Å². The van der Waals surface area contributed by atoms with Gasteiger partial charge in [-0.3, -0.25) is 4.79 Å². The molecule has 1 heterocycles. The van der Waals surface area contributed by atoms with E-state index < -0.39 is 17.2 Å². The van der Waals surface area contributed by atoms with Crippen molar-refractivity contribution < 1.29 is 18.0 Å². The maximum Gasteiger partial charge on any atom is 0.416 e. The molecule has 0 unspecified atom stereocenters. The fraction of sp³-hybridized carbons (Fsp3) is 0.296. The van der Waals surface area contributed by atoms with Crippen LogP contribution in [0.2, 0.25) is 0 Å². The molecule has 0 spiro atoms. The van der Waals surface area contributed by atoms with Crippen LogP contribution in [0.1, 0.15) is 37.1 Å². The van der Waals surface area contributed by atoms with Gasteiger partial charge in [0.25, 0.3) is 0 Å². The van der Waals surface area contributed by atoms with Crippen molar-refractivity contribution in [3.63, 3.8) is 0 Å². The third-order valence-electron chi connectivity index (χ3n) is 7.30. The van der Waals surface area contributed by atoms with Gasteiger partial charge in [0.2, 0.25) is 0 Å². The first-order valence-electron chi connectivity index (χ1n) is 11.2. The number of rotatable bonds is 2. The number of hydrogen-bond acceptors (Lipinski definition) is 3. The lowest BCUT2D eigenvalue weighted by molar-refractivity contribution is -0.137. The highest BCUT2D eigenvalue weighted by Gasteiger charge is 2.50. The Morgan fingerprint density at radius 1 is 1.12 bits per heavy atom. The predicted octanol–water partition coefficient (Wildman–Crippen LogP) is 6.05. The van der Waals surface area contributed by atoms with Gasteiger partial charge >= 0.3 is 6.18 Å². The zero-order valence-electron chi connectivity index (χ0n) is 18.7. The normalized spacial score (nSPS) is 24.1. The summed E-state index contributed by atoms with van der Waals surface area (Å²) >= 11 is 0. The number of halogens is 3. The van der Waals surface area contributed by atoms with Gasteiger partial charge in [-0.25, -0.2) is 4.68 Å². The topological polar surface area (TPSA) is 58.7 Å². The molecule has 5 rings (SSSR count). The van der Waals surface area contributed by atoms with Gasteiger partial charge in [-0.05, 0) is 43.0 Å². The Hall–Kier alpha value is -3.66. The van der Waals surface area contributed by atoms with Gasteiger partial charge in [-0.15, -0.1) is 0 Å². The van der Waals surface area contributed by atoms with Gasteiger partial charge in [0.1, 0.15) is 6.07 Å². The molecule has 3 atom stereocenters. The molecule has 0 aliphatic heterocycles. The van der Waals surface area contributed by atoms with E-state index in [9.17, 15) is 23.2 Å². The number of carbonyl (C=O) groups excluding carboxylic acids is 1. The van der Waals surface area contributed by atoms with Gasteiger partial charge < -0.3 is 0 Å². The number of allylic oxidation sites excluding steroid dienone is 2. The molecule has 2 aromatic carbocycles. The number of nitrogens with zero attached hydrogens (tertiary/aromatic N) is 3. The summed E-state index contributed by atoms with van der Waals surface area (Å²) in [5.74, 6) is -0.538. The van der Waals surface area contributed by atoms with Crippen LogP contribution in [-0.2, 0) is 22.8 Å². The number of aromatic nitrogens is 2. The van der Waals surface area contributed by atoms with Gasteiger partial charge in [0.15, 0.2) is 5.78 Å². The third-order valence-corrected chi connectivity index (χ3v) is 7.30. The largest absolute Gasteiger partial charge is 0.416 e. The molecule has 1 aromatic heterocycles. The summed E-state index contributed by atoms with van der Waals surface area (Å²) in [5, 5.41) is 14.5. The molecule has 0 N–H and O–H groups in total. The van der Waals surface area contributed by atoms with Crippen LogP contribution < -0.4 is 0 Å². The lowest BCUT2D eigenvalue weighted by atomic mass is 9.57.